The molecule has 0 aromatic heterocycles. The monoisotopic (exact) mass is 239 g/mol. The minimum atomic E-state index is -0.213. The number of benzene rings is 1. The molecule has 5 heteroatoms. The van der Waals surface area contributed by atoms with E-state index in [2.05, 4.69) is 10.6 Å². The third-order valence-electron chi connectivity index (χ3n) is 2.67. The van der Waals surface area contributed by atoms with Gasteiger partial charge in [-0.15, -0.1) is 0 Å². The van der Waals surface area contributed by atoms with E-state index < -0.39 is 0 Å². The van der Waals surface area contributed by atoms with Crippen LogP contribution in [-0.2, 0) is 4.79 Å². The zero-order chi connectivity index (χ0) is 11.5. The van der Waals surface area contributed by atoms with Crippen LogP contribution in [0, 0.1) is 0 Å². The third kappa shape index (κ3) is 2.22. The van der Waals surface area contributed by atoms with Crippen LogP contribution in [0.3, 0.4) is 0 Å². The van der Waals surface area contributed by atoms with Gasteiger partial charge in [0.25, 0.3) is 0 Å². The summed E-state index contributed by atoms with van der Waals surface area (Å²) in [5.41, 5.74) is 7.02. The molecule has 1 atom stereocenters. The van der Waals surface area contributed by atoms with Gasteiger partial charge in [-0.05, 0) is 25.0 Å². The van der Waals surface area contributed by atoms with Crippen molar-refractivity contribution < 1.29 is 4.79 Å². The summed E-state index contributed by atoms with van der Waals surface area (Å²) in [5.74, 6) is 0.0191. The molecule has 1 saturated heterocycles. The summed E-state index contributed by atoms with van der Waals surface area (Å²) in [6, 6.07) is 5.14. The Bertz CT molecular complexity index is 408. The first kappa shape index (κ1) is 11.1. The molecule has 4 N–H and O–H groups in total. The average Bonchev–Trinajstić information content (AvgIpc) is 2.28. The highest BCUT2D eigenvalue weighted by atomic mass is 35.5. The van der Waals surface area contributed by atoms with Crippen LogP contribution < -0.4 is 16.4 Å². The summed E-state index contributed by atoms with van der Waals surface area (Å²) in [4.78, 5) is 11.5. The maximum atomic E-state index is 11.5. The Morgan fingerprint density at radius 3 is 3.06 bits per heavy atom. The maximum Gasteiger partial charge on any atom is 0.242 e. The SMILES string of the molecule is Nc1c(Cl)cccc1NC1CCCNC1=O. The van der Waals surface area contributed by atoms with Gasteiger partial charge >= 0.3 is 0 Å². The normalized spacial score (nSPS) is 20.3. The first-order valence-electron chi connectivity index (χ1n) is 5.26. The second kappa shape index (κ2) is 4.61. The number of anilines is 2. The summed E-state index contributed by atoms with van der Waals surface area (Å²) < 4.78 is 0. The molecule has 4 nitrogen and oxygen atoms in total. The van der Waals surface area contributed by atoms with E-state index in [4.69, 9.17) is 17.3 Å². The number of nitrogens with two attached hydrogens (primary N) is 1. The number of amides is 1. The van der Waals surface area contributed by atoms with Gasteiger partial charge in [0.2, 0.25) is 5.91 Å². The highest BCUT2D eigenvalue weighted by Crippen LogP contribution is 2.27. The lowest BCUT2D eigenvalue weighted by Gasteiger charge is -2.24. The van der Waals surface area contributed by atoms with Gasteiger partial charge in [-0.2, -0.15) is 0 Å². The smallest absolute Gasteiger partial charge is 0.242 e. The number of carbonyl (C=O) groups is 1. The van der Waals surface area contributed by atoms with Crippen LogP contribution in [-0.4, -0.2) is 18.5 Å². The largest absolute Gasteiger partial charge is 0.396 e. The lowest BCUT2D eigenvalue weighted by molar-refractivity contribution is -0.123. The Balaban J connectivity index is 2.14. The standard InChI is InChI=1S/C11H14ClN3O/c12-7-3-1-4-8(10(7)13)15-9-5-2-6-14-11(9)16/h1,3-4,9,15H,2,5-6,13H2,(H,14,16). The highest BCUT2D eigenvalue weighted by molar-refractivity contribution is 6.33. The van der Waals surface area contributed by atoms with Crippen molar-refractivity contribution in [1.29, 1.82) is 0 Å². The Hall–Kier alpha value is -1.42. The zero-order valence-electron chi connectivity index (χ0n) is 8.79. The Morgan fingerprint density at radius 2 is 2.31 bits per heavy atom. The van der Waals surface area contributed by atoms with Gasteiger partial charge in [-0.1, -0.05) is 17.7 Å². The van der Waals surface area contributed by atoms with Crippen LogP contribution in [0.2, 0.25) is 5.02 Å². The molecule has 1 unspecified atom stereocenters. The molecule has 1 aromatic carbocycles. The van der Waals surface area contributed by atoms with E-state index >= 15 is 0 Å². The van der Waals surface area contributed by atoms with E-state index in [9.17, 15) is 4.79 Å². The second-order valence-electron chi connectivity index (χ2n) is 3.83. The lowest BCUT2D eigenvalue weighted by Crippen LogP contribution is -2.44. The van der Waals surface area contributed by atoms with Crippen molar-refractivity contribution in [1.82, 2.24) is 5.32 Å². The summed E-state index contributed by atoms with van der Waals surface area (Å²) in [5, 5.41) is 6.43. The molecule has 1 aliphatic heterocycles. The van der Waals surface area contributed by atoms with Crippen molar-refractivity contribution in [3.05, 3.63) is 23.2 Å². The average molecular weight is 240 g/mol. The fourth-order valence-electron chi connectivity index (χ4n) is 1.76. The zero-order valence-corrected chi connectivity index (χ0v) is 9.55. The van der Waals surface area contributed by atoms with Gasteiger partial charge in [0.15, 0.2) is 0 Å². The van der Waals surface area contributed by atoms with Crippen molar-refractivity contribution in [2.45, 2.75) is 18.9 Å². The van der Waals surface area contributed by atoms with Crippen LogP contribution in [0.25, 0.3) is 0 Å². The van der Waals surface area contributed by atoms with E-state index in [-0.39, 0.29) is 11.9 Å². The van der Waals surface area contributed by atoms with Crippen LogP contribution in [0.15, 0.2) is 18.2 Å². The van der Waals surface area contributed by atoms with Crippen molar-refractivity contribution in [2.24, 2.45) is 0 Å². The Labute approximate surface area is 99.2 Å². The fraction of sp³-hybridized carbons (Fsp3) is 0.364. The van der Waals surface area contributed by atoms with Gasteiger partial charge in [-0.25, -0.2) is 0 Å². The molecule has 2 rings (SSSR count). The lowest BCUT2D eigenvalue weighted by atomic mass is 10.1. The van der Waals surface area contributed by atoms with Crippen LogP contribution >= 0.6 is 11.6 Å². The summed E-state index contributed by atoms with van der Waals surface area (Å²) in [6.07, 6.45) is 1.79. The quantitative estimate of drug-likeness (QED) is 0.687. The number of halogens is 1. The molecule has 1 amide bonds. The second-order valence-corrected chi connectivity index (χ2v) is 4.24. The van der Waals surface area contributed by atoms with Gasteiger partial charge < -0.3 is 16.4 Å². The summed E-state index contributed by atoms with van der Waals surface area (Å²) in [7, 11) is 0. The van der Waals surface area contributed by atoms with E-state index in [0.717, 1.165) is 25.1 Å². The molecule has 0 bridgehead atoms. The Morgan fingerprint density at radius 1 is 1.50 bits per heavy atom. The number of para-hydroxylation sites is 1. The van der Waals surface area contributed by atoms with Crippen molar-refractivity contribution in [3.63, 3.8) is 0 Å². The topological polar surface area (TPSA) is 67.2 Å². The third-order valence-corrected chi connectivity index (χ3v) is 3.00. The summed E-state index contributed by atoms with van der Waals surface area (Å²) >= 11 is 5.90. The first-order chi connectivity index (χ1) is 7.68. The number of nitrogen functional groups attached to an aromatic ring is 1. The molecule has 16 heavy (non-hydrogen) atoms. The predicted molar refractivity (Wildman–Crippen MR) is 65.5 cm³/mol. The molecule has 1 fully saturated rings. The molecule has 1 aromatic rings. The number of hydrogen-bond acceptors (Lipinski definition) is 3. The molecule has 0 spiro atoms. The summed E-state index contributed by atoms with van der Waals surface area (Å²) in [6.45, 7) is 0.752. The van der Waals surface area contributed by atoms with Crippen molar-refractivity contribution in [3.8, 4) is 0 Å². The minimum absolute atomic E-state index is 0.0191. The number of hydrogen-bond donors (Lipinski definition) is 3. The molecule has 86 valence electrons. The number of rotatable bonds is 2. The molecular formula is C11H14ClN3O. The van der Waals surface area contributed by atoms with E-state index in [1.807, 2.05) is 12.1 Å². The van der Waals surface area contributed by atoms with E-state index in [1.165, 1.54) is 0 Å². The predicted octanol–water partition coefficient (Wildman–Crippen LogP) is 1.61. The van der Waals surface area contributed by atoms with Gasteiger partial charge in [-0.3, -0.25) is 4.79 Å². The minimum Gasteiger partial charge on any atom is -0.396 e. The van der Waals surface area contributed by atoms with Crippen molar-refractivity contribution in [2.75, 3.05) is 17.6 Å². The van der Waals surface area contributed by atoms with Crippen LogP contribution in [0.5, 0.6) is 0 Å². The first-order valence-corrected chi connectivity index (χ1v) is 5.64. The number of carbonyl (C=O) groups excluding carboxylic acids is 1. The molecule has 1 aliphatic rings. The van der Waals surface area contributed by atoms with Crippen LogP contribution in [0.4, 0.5) is 11.4 Å². The van der Waals surface area contributed by atoms with Gasteiger partial charge in [0, 0.05) is 6.54 Å². The van der Waals surface area contributed by atoms with Gasteiger partial charge in [0.05, 0.1) is 16.4 Å². The molecule has 1 heterocycles. The van der Waals surface area contributed by atoms with E-state index in [1.54, 1.807) is 6.07 Å². The van der Waals surface area contributed by atoms with E-state index in [0.29, 0.717) is 10.7 Å². The number of nitrogens with one attached hydrogen (secondary N) is 2. The Kier molecular flexibility index (Phi) is 3.19. The molecule has 0 aliphatic carbocycles. The highest BCUT2D eigenvalue weighted by Gasteiger charge is 2.22. The van der Waals surface area contributed by atoms with Crippen molar-refractivity contribution >= 4 is 28.9 Å². The molecule has 0 radical (unpaired) electrons. The molecule has 0 saturated carbocycles. The van der Waals surface area contributed by atoms with Crippen LogP contribution in [0.1, 0.15) is 12.8 Å². The maximum absolute atomic E-state index is 11.5. The molecular weight excluding hydrogens is 226 g/mol. The fourth-order valence-corrected chi connectivity index (χ4v) is 1.93. The van der Waals surface area contributed by atoms with Gasteiger partial charge in [0.1, 0.15) is 6.04 Å². The number of piperidine rings is 1.